The van der Waals surface area contributed by atoms with Gasteiger partial charge in [0.1, 0.15) is 5.82 Å². The molecule has 0 radical (unpaired) electrons. The van der Waals surface area contributed by atoms with E-state index in [0.717, 1.165) is 50.4 Å². The van der Waals surface area contributed by atoms with Gasteiger partial charge in [0.2, 0.25) is 5.95 Å². The summed E-state index contributed by atoms with van der Waals surface area (Å²) in [7, 11) is 1.87. The number of hydrogen-bond acceptors (Lipinski definition) is 7. The van der Waals surface area contributed by atoms with Crippen molar-refractivity contribution in [2.75, 3.05) is 18.4 Å². The molecule has 9 heteroatoms. The second-order valence-corrected chi connectivity index (χ2v) is 7.13. The van der Waals surface area contributed by atoms with E-state index in [0.29, 0.717) is 17.5 Å². The molecule has 0 fully saturated rings. The second kappa shape index (κ2) is 8.07. The Labute approximate surface area is 164 Å². The third kappa shape index (κ3) is 3.90. The quantitative estimate of drug-likeness (QED) is 0.636. The molecule has 4 rings (SSSR count). The van der Waals surface area contributed by atoms with E-state index in [1.54, 1.807) is 6.20 Å². The third-order valence-electron chi connectivity index (χ3n) is 4.92. The lowest BCUT2D eigenvalue weighted by Crippen LogP contribution is -2.33. The molecule has 0 saturated carbocycles. The molecule has 3 aromatic rings. The lowest BCUT2D eigenvalue weighted by atomic mass is 10.2. The Morgan fingerprint density at radius 3 is 2.75 bits per heavy atom. The van der Waals surface area contributed by atoms with Gasteiger partial charge in [-0.25, -0.2) is 15.0 Å². The van der Waals surface area contributed by atoms with Gasteiger partial charge in [0.15, 0.2) is 6.10 Å². The summed E-state index contributed by atoms with van der Waals surface area (Å²) in [5, 5.41) is 18.4. The Morgan fingerprint density at radius 1 is 1.21 bits per heavy atom. The number of nitrogens with zero attached hydrogens (tertiary/aromatic N) is 7. The third-order valence-corrected chi connectivity index (χ3v) is 4.92. The Kier molecular flexibility index (Phi) is 5.36. The molecule has 1 atom stereocenters. The average molecular weight is 382 g/mol. The summed E-state index contributed by atoms with van der Waals surface area (Å²) < 4.78 is 3.79. The molecule has 28 heavy (non-hydrogen) atoms. The van der Waals surface area contributed by atoms with Crippen molar-refractivity contribution in [3.8, 4) is 0 Å². The Balaban J connectivity index is 1.41. The largest absolute Gasteiger partial charge is 0.379 e. The number of fused-ring (bicyclic) bond motifs is 1. The van der Waals surface area contributed by atoms with Gasteiger partial charge in [0, 0.05) is 63.6 Å². The lowest BCUT2D eigenvalue weighted by molar-refractivity contribution is 0.194. The molecule has 3 aromatic heterocycles. The minimum Gasteiger partial charge on any atom is -0.379 e. The summed E-state index contributed by atoms with van der Waals surface area (Å²) in [4.78, 5) is 15.3. The van der Waals surface area contributed by atoms with Crippen molar-refractivity contribution >= 4 is 5.95 Å². The monoisotopic (exact) mass is 382 g/mol. The van der Waals surface area contributed by atoms with Crippen LogP contribution in [0.4, 0.5) is 5.95 Å². The zero-order chi connectivity index (χ0) is 19.5. The summed E-state index contributed by atoms with van der Waals surface area (Å²) in [6.07, 6.45) is 7.50. The minimum atomic E-state index is -0.817. The number of anilines is 1. The van der Waals surface area contributed by atoms with Crippen molar-refractivity contribution in [1.29, 1.82) is 0 Å². The summed E-state index contributed by atoms with van der Waals surface area (Å²) in [5.41, 5.74) is 2.82. The zero-order valence-corrected chi connectivity index (χ0v) is 16.3. The molecule has 0 spiro atoms. The molecule has 0 aliphatic carbocycles. The number of hydrogen-bond donors (Lipinski definition) is 2. The standard InChI is InChI=1S/C19H26N8O/c1-3-4-21-19-22-10-14(11-23-19)12-26-7-8-27-15(13-26)9-16(24-27)17(28)18-20-5-6-25(18)2/h5-6,9-11,17,28H,3-4,7-8,12-13H2,1-2H3,(H,21,22,23)/t17-/m1/s1. The van der Waals surface area contributed by atoms with E-state index in [2.05, 4.69) is 37.2 Å². The van der Waals surface area contributed by atoms with Crippen molar-refractivity contribution in [2.24, 2.45) is 7.05 Å². The molecule has 0 bridgehead atoms. The van der Waals surface area contributed by atoms with Crippen LogP contribution in [0.3, 0.4) is 0 Å². The molecule has 0 amide bonds. The van der Waals surface area contributed by atoms with E-state index in [-0.39, 0.29) is 0 Å². The van der Waals surface area contributed by atoms with Crippen molar-refractivity contribution in [3.63, 3.8) is 0 Å². The van der Waals surface area contributed by atoms with Gasteiger partial charge in [0.05, 0.1) is 17.9 Å². The van der Waals surface area contributed by atoms with Gasteiger partial charge >= 0.3 is 0 Å². The van der Waals surface area contributed by atoms with Crippen molar-refractivity contribution in [1.82, 2.24) is 34.2 Å². The topological polar surface area (TPSA) is 96.9 Å². The highest BCUT2D eigenvalue weighted by atomic mass is 16.3. The highest BCUT2D eigenvalue weighted by molar-refractivity contribution is 5.24. The molecule has 0 unspecified atom stereocenters. The van der Waals surface area contributed by atoms with Crippen LogP contribution in [0.1, 0.15) is 42.2 Å². The molecule has 1 aliphatic rings. The SMILES string of the molecule is CCCNc1ncc(CN2CCn3nc([C@@H](O)c4nccn4C)cc3C2)cn1. The van der Waals surface area contributed by atoms with Gasteiger partial charge in [-0.05, 0) is 12.5 Å². The van der Waals surface area contributed by atoms with Crippen LogP contribution < -0.4 is 5.32 Å². The number of aryl methyl sites for hydroxylation is 1. The van der Waals surface area contributed by atoms with E-state index < -0.39 is 6.10 Å². The molecule has 9 nitrogen and oxygen atoms in total. The molecule has 1 aliphatic heterocycles. The first-order valence-electron chi connectivity index (χ1n) is 9.63. The van der Waals surface area contributed by atoms with Gasteiger partial charge in [-0.15, -0.1) is 0 Å². The predicted octanol–water partition coefficient (Wildman–Crippen LogP) is 1.33. The maximum atomic E-state index is 10.6. The highest BCUT2D eigenvalue weighted by Gasteiger charge is 2.23. The summed E-state index contributed by atoms with van der Waals surface area (Å²) >= 11 is 0. The molecule has 4 heterocycles. The fourth-order valence-corrected chi connectivity index (χ4v) is 3.41. The molecule has 148 valence electrons. The average Bonchev–Trinajstić information content (AvgIpc) is 3.32. The maximum absolute atomic E-state index is 10.6. The van der Waals surface area contributed by atoms with Crippen molar-refractivity contribution in [3.05, 3.63) is 53.6 Å². The van der Waals surface area contributed by atoms with Crippen molar-refractivity contribution in [2.45, 2.75) is 39.1 Å². The van der Waals surface area contributed by atoms with Crippen LogP contribution in [0.2, 0.25) is 0 Å². The van der Waals surface area contributed by atoms with Gasteiger partial charge in [-0.2, -0.15) is 5.10 Å². The van der Waals surface area contributed by atoms with E-state index in [9.17, 15) is 5.11 Å². The van der Waals surface area contributed by atoms with Crippen LogP contribution in [0, 0.1) is 0 Å². The van der Waals surface area contributed by atoms with Crippen LogP contribution in [0.5, 0.6) is 0 Å². The van der Waals surface area contributed by atoms with Crippen LogP contribution in [-0.4, -0.2) is 52.4 Å². The Bertz CT molecular complexity index is 916. The number of nitrogens with one attached hydrogen (secondary N) is 1. The number of rotatable bonds is 7. The number of imidazole rings is 1. The number of aromatic nitrogens is 6. The number of aliphatic hydroxyl groups excluding tert-OH is 1. The Morgan fingerprint density at radius 2 is 2.04 bits per heavy atom. The molecule has 2 N–H and O–H groups in total. The van der Waals surface area contributed by atoms with Crippen molar-refractivity contribution < 1.29 is 5.11 Å². The van der Waals surface area contributed by atoms with Crippen LogP contribution in [0.25, 0.3) is 0 Å². The predicted molar refractivity (Wildman–Crippen MR) is 104 cm³/mol. The first-order valence-corrected chi connectivity index (χ1v) is 9.63. The fourth-order valence-electron chi connectivity index (χ4n) is 3.41. The van der Waals surface area contributed by atoms with E-state index in [1.165, 1.54) is 0 Å². The first-order chi connectivity index (χ1) is 13.6. The van der Waals surface area contributed by atoms with E-state index in [1.807, 2.05) is 41.0 Å². The summed E-state index contributed by atoms with van der Waals surface area (Å²) in [6.45, 7) is 6.24. The fraction of sp³-hybridized carbons (Fsp3) is 0.474. The van der Waals surface area contributed by atoms with Crippen LogP contribution >= 0.6 is 0 Å². The lowest BCUT2D eigenvalue weighted by Gasteiger charge is -2.27. The first kappa shape index (κ1) is 18.6. The van der Waals surface area contributed by atoms with Gasteiger partial charge in [0.25, 0.3) is 0 Å². The van der Waals surface area contributed by atoms with E-state index >= 15 is 0 Å². The smallest absolute Gasteiger partial charge is 0.222 e. The van der Waals surface area contributed by atoms with Gasteiger partial charge < -0.3 is 15.0 Å². The van der Waals surface area contributed by atoms with Crippen LogP contribution in [-0.2, 0) is 26.7 Å². The van der Waals surface area contributed by atoms with Gasteiger partial charge in [-0.1, -0.05) is 6.92 Å². The summed E-state index contributed by atoms with van der Waals surface area (Å²) in [5.74, 6) is 1.27. The highest BCUT2D eigenvalue weighted by Crippen LogP contribution is 2.23. The molecular weight excluding hydrogens is 356 g/mol. The normalized spacial score (nSPS) is 15.4. The maximum Gasteiger partial charge on any atom is 0.222 e. The van der Waals surface area contributed by atoms with E-state index in [4.69, 9.17) is 0 Å². The zero-order valence-electron chi connectivity index (χ0n) is 16.3. The summed E-state index contributed by atoms with van der Waals surface area (Å²) in [6, 6.07) is 1.97. The van der Waals surface area contributed by atoms with Crippen LogP contribution in [0.15, 0.2) is 30.9 Å². The Hall–Kier alpha value is -2.78. The molecular formula is C19H26N8O. The molecule has 0 aromatic carbocycles. The minimum absolute atomic E-state index is 0.598. The molecule has 0 saturated heterocycles. The van der Waals surface area contributed by atoms with Gasteiger partial charge in [-0.3, -0.25) is 9.58 Å². The number of aliphatic hydroxyl groups is 1. The second-order valence-electron chi connectivity index (χ2n) is 7.13.